The summed E-state index contributed by atoms with van der Waals surface area (Å²) in [4.78, 5) is 0. The van der Waals surface area contributed by atoms with Gasteiger partial charge in [-0.25, -0.2) is 0 Å². The smallest absolute Gasteiger partial charge is 0.0471 e. The number of nitrogens with one attached hydrogen (secondary N) is 1. The Hall–Kier alpha value is -0.720. The van der Waals surface area contributed by atoms with E-state index in [0.717, 1.165) is 0 Å². The van der Waals surface area contributed by atoms with E-state index in [0.29, 0.717) is 6.04 Å². The van der Waals surface area contributed by atoms with Crippen molar-refractivity contribution in [1.29, 1.82) is 0 Å². The molecule has 0 amide bonds. The minimum absolute atomic E-state index is 0.679. The predicted molar refractivity (Wildman–Crippen MR) is 54.0 cm³/mol. The van der Waals surface area contributed by atoms with E-state index in [9.17, 15) is 0 Å². The summed E-state index contributed by atoms with van der Waals surface area (Å²) in [6.07, 6.45) is 11.8. The topological polar surface area (TPSA) is 12.0 Å². The Morgan fingerprint density at radius 3 is 2.92 bits per heavy atom. The molecule has 1 unspecified atom stereocenters. The van der Waals surface area contributed by atoms with Crippen molar-refractivity contribution in [3.05, 3.63) is 23.9 Å². The Morgan fingerprint density at radius 2 is 2.17 bits per heavy atom. The maximum absolute atomic E-state index is 3.37. The number of hydrogen-bond acceptors (Lipinski definition) is 1. The molecule has 0 spiro atoms. The number of fused-ring (bicyclic) bond motifs is 1. The molecule has 0 aromatic heterocycles. The quantitative estimate of drug-likeness (QED) is 0.582. The van der Waals surface area contributed by atoms with Crippen molar-refractivity contribution < 1.29 is 0 Å². The molecule has 1 N–H and O–H groups in total. The van der Waals surface area contributed by atoms with Gasteiger partial charge in [0.1, 0.15) is 0 Å². The molecular weight excluding hydrogens is 146 g/mol. The van der Waals surface area contributed by atoms with Crippen molar-refractivity contribution in [2.45, 2.75) is 45.6 Å². The van der Waals surface area contributed by atoms with E-state index in [1.54, 1.807) is 5.57 Å². The zero-order chi connectivity index (χ0) is 8.81. The molecule has 68 valence electrons. The summed E-state index contributed by atoms with van der Waals surface area (Å²) in [7, 11) is 0. The first kappa shape index (κ1) is 9.37. The first-order valence-corrected chi connectivity index (χ1v) is 5.08. The predicted octanol–water partition coefficient (Wildman–Crippen LogP) is 3.00. The monoisotopic (exact) mass is 165 g/mol. The van der Waals surface area contributed by atoms with Gasteiger partial charge in [-0.3, -0.25) is 0 Å². The second kappa shape index (κ2) is 5.02. The van der Waals surface area contributed by atoms with E-state index in [2.05, 4.69) is 23.7 Å². The molecule has 0 radical (unpaired) electrons. The molecule has 0 aromatic carbocycles. The van der Waals surface area contributed by atoms with Crippen LogP contribution in [0.5, 0.6) is 0 Å². The average molecular weight is 165 g/mol. The lowest BCUT2D eigenvalue weighted by atomic mass is 9.89. The zero-order valence-corrected chi connectivity index (χ0v) is 8.14. The molecule has 1 heteroatoms. The highest BCUT2D eigenvalue weighted by Gasteiger charge is 2.17. The minimum Gasteiger partial charge on any atom is -0.384 e. The average Bonchev–Trinajstić information content (AvgIpc) is 2.21. The van der Waals surface area contributed by atoms with Crippen molar-refractivity contribution >= 4 is 0 Å². The Kier molecular flexibility index (Phi) is 3.92. The van der Waals surface area contributed by atoms with Crippen LogP contribution >= 0.6 is 0 Å². The van der Waals surface area contributed by atoms with Gasteiger partial charge >= 0.3 is 0 Å². The van der Waals surface area contributed by atoms with Crippen LogP contribution in [0.4, 0.5) is 0 Å². The summed E-state index contributed by atoms with van der Waals surface area (Å²) in [5.41, 5.74) is 1.61. The molecule has 1 saturated carbocycles. The van der Waals surface area contributed by atoms with Crippen molar-refractivity contribution in [2.24, 2.45) is 0 Å². The van der Waals surface area contributed by atoms with Crippen molar-refractivity contribution in [2.75, 3.05) is 0 Å². The third kappa shape index (κ3) is 2.13. The maximum atomic E-state index is 3.37. The van der Waals surface area contributed by atoms with Gasteiger partial charge in [0, 0.05) is 6.04 Å². The molecular formula is C11H19N. The van der Waals surface area contributed by atoms with Gasteiger partial charge in [0.05, 0.1) is 0 Å². The summed E-state index contributed by atoms with van der Waals surface area (Å²) >= 11 is 0. The van der Waals surface area contributed by atoms with E-state index in [1.165, 1.54) is 25.7 Å². The van der Waals surface area contributed by atoms with Crippen LogP contribution in [-0.2, 0) is 0 Å². The lowest BCUT2D eigenvalue weighted by Crippen LogP contribution is -2.30. The number of hydrogen-bond donors (Lipinski definition) is 1. The molecule has 0 bridgehead atoms. The van der Waals surface area contributed by atoms with Crippen LogP contribution in [0.15, 0.2) is 23.9 Å². The van der Waals surface area contributed by atoms with Crippen LogP contribution in [0.2, 0.25) is 0 Å². The zero-order valence-electron chi connectivity index (χ0n) is 8.14. The van der Waals surface area contributed by atoms with Crippen LogP contribution in [0.25, 0.3) is 0 Å². The highest BCUT2D eigenvalue weighted by Crippen LogP contribution is 2.24. The van der Waals surface area contributed by atoms with E-state index in [4.69, 9.17) is 0 Å². The van der Waals surface area contributed by atoms with Crippen LogP contribution in [0.3, 0.4) is 0 Å². The van der Waals surface area contributed by atoms with Crippen molar-refractivity contribution in [3.8, 4) is 0 Å². The Labute approximate surface area is 75.6 Å². The summed E-state index contributed by atoms with van der Waals surface area (Å²) in [6, 6.07) is 0.679. The number of allylic oxidation sites excluding steroid dienone is 2. The van der Waals surface area contributed by atoms with Gasteiger partial charge in [0.25, 0.3) is 0 Å². The van der Waals surface area contributed by atoms with Crippen LogP contribution in [-0.4, -0.2) is 6.04 Å². The van der Waals surface area contributed by atoms with Gasteiger partial charge in [-0.1, -0.05) is 26.3 Å². The molecule has 1 fully saturated rings. The lowest BCUT2D eigenvalue weighted by Gasteiger charge is -2.27. The second-order valence-corrected chi connectivity index (χ2v) is 3.07. The van der Waals surface area contributed by atoms with Gasteiger partial charge in [0.2, 0.25) is 0 Å². The van der Waals surface area contributed by atoms with Crippen LogP contribution < -0.4 is 5.32 Å². The van der Waals surface area contributed by atoms with Gasteiger partial charge in [0.15, 0.2) is 0 Å². The highest BCUT2D eigenvalue weighted by atomic mass is 14.9. The fourth-order valence-corrected chi connectivity index (χ4v) is 1.77. The standard InChI is InChI=1S/C9H13N.C2H6/c1-2-6-9-8(4-1)5-3-7-10-9;1-2/h3,5,7,9-10H,1-2,4,6H2;1-2H3. The summed E-state index contributed by atoms with van der Waals surface area (Å²) < 4.78 is 0. The van der Waals surface area contributed by atoms with Gasteiger partial charge in [-0.15, -0.1) is 0 Å². The molecule has 1 atom stereocenters. The molecule has 2 rings (SSSR count). The largest absolute Gasteiger partial charge is 0.384 e. The molecule has 1 nitrogen and oxygen atoms in total. The van der Waals surface area contributed by atoms with E-state index in [-0.39, 0.29) is 0 Å². The summed E-state index contributed by atoms with van der Waals surface area (Å²) in [5, 5.41) is 3.37. The van der Waals surface area contributed by atoms with Gasteiger partial charge < -0.3 is 5.32 Å². The third-order valence-electron chi connectivity index (χ3n) is 2.36. The molecule has 1 aliphatic carbocycles. The Bertz CT molecular complexity index is 179. The fraction of sp³-hybridized carbons (Fsp3) is 0.636. The second-order valence-electron chi connectivity index (χ2n) is 3.07. The van der Waals surface area contributed by atoms with Crippen LogP contribution in [0.1, 0.15) is 39.5 Å². The first-order chi connectivity index (χ1) is 5.97. The fourth-order valence-electron chi connectivity index (χ4n) is 1.77. The molecule has 12 heavy (non-hydrogen) atoms. The van der Waals surface area contributed by atoms with E-state index < -0.39 is 0 Å². The summed E-state index contributed by atoms with van der Waals surface area (Å²) in [5.74, 6) is 0. The van der Waals surface area contributed by atoms with Crippen molar-refractivity contribution in [1.82, 2.24) is 5.32 Å². The molecule has 1 aliphatic heterocycles. The minimum atomic E-state index is 0.679. The number of dihydropyridines is 1. The molecule has 0 aromatic rings. The number of rotatable bonds is 0. The van der Waals surface area contributed by atoms with E-state index in [1.807, 2.05) is 13.8 Å². The maximum Gasteiger partial charge on any atom is 0.0471 e. The Balaban J connectivity index is 0.000000336. The summed E-state index contributed by atoms with van der Waals surface area (Å²) in [6.45, 7) is 4.00. The van der Waals surface area contributed by atoms with Crippen LogP contribution in [0, 0.1) is 0 Å². The first-order valence-electron chi connectivity index (χ1n) is 5.08. The normalized spacial score (nSPS) is 25.8. The SMILES string of the molecule is C1=CNC2CCCCC2=C1.CC. The van der Waals surface area contributed by atoms with Crippen molar-refractivity contribution in [3.63, 3.8) is 0 Å². The van der Waals surface area contributed by atoms with E-state index >= 15 is 0 Å². The molecule has 1 heterocycles. The molecule has 0 saturated heterocycles. The Morgan fingerprint density at radius 1 is 1.33 bits per heavy atom. The highest BCUT2D eigenvalue weighted by molar-refractivity contribution is 5.23. The van der Waals surface area contributed by atoms with Gasteiger partial charge in [-0.2, -0.15) is 0 Å². The van der Waals surface area contributed by atoms with Gasteiger partial charge in [-0.05, 0) is 37.1 Å². The lowest BCUT2D eigenvalue weighted by molar-refractivity contribution is 0.490. The molecule has 2 aliphatic rings. The third-order valence-corrected chi connectivity index (χ3v) is 2.36.